The summed E-state index contributed by atoms with van der Waals surface area (Å²) in [5.41, 5.74) is 1.49. The van der Waals surface area contributed by atoms with Crippen LogP contribution >= 0.6 is 0 Å². The number of anilines is 2. The maximum absolute atomic E-state index is 13.7. The minimum absolute atomic E-state index is 0.0513. The number of amides is 1. The monoisotopic (exact) mass is 406 g/mol. The van der Waals surface area contributed by atoms with Crippen LogP contribution in [0, 0.1) is 6.92 Å². The zero-order valence-corrected chi connectivity index (χ0v) is 17.4. The van der Waals surface area contributed by atoms with E-state index in [0.717, 1.165) is 24.3 Å². The maximum Gasteiger partial charge on any atom is 0.235 e. The van der Waals surface area contributed by atoms with Crippen LogP contribution in [0.2, 0.25) is 0 Å². The summed E-state index contributed by atoms with van der Waals surface area (Å²) in [6.07, 6.45) is 0.372. The molecule has 30 heavy (non-hydrogen) atoms. The Labute approximate surface area is 186 Å². The predicted octanol–water partition coefficient (Wildman–Crippen LogP) is 3.96. The molecule has 2 aromatic carbocycles. The Hall–Kier alpha value is -2.92. The van der Waals surface area contributed by atoms with Gasteiger partial charge in [-0.25, -0.2) is 0 Å². The summed E-state index contributed by atoms with van der Waals surface area (Å²) in [5.74, 6) is -0.342. The second-order valence-electron chi connectivity index (χ2n) is 8.51. The van der Waals surface area contributed by atoms with Crippen LogP contribution in [-0.2, 0) is 10.2 Å². The molecule has 1 aromatic heterocycles. The molecule has 2 aliphatic rings. The first-order chi connectivity index (χ1) is 17.0. The van der Waals surface area contributed by atoms with Crippen LogP contribution < -0.4 is 10.2 Å². The SMILES string of the molecule is [2H]c1nc2c([2H])c([2H])c([2H])c(C3(C(=O)Nc4cc(N5CC(N(C)C)C5)ccc4C)CC3)c2c([2H])c1[2H]. The zero-order valence-electron chi connectivity index (χ0n) is 23.4. The third-order valence-corrected chi connectivity index (χ3v) is 6.36. The van der Waals surface area contributed by atoms with E-state index in [4.69, 9.17) is 8.22 Å². The van der Waals surface area contributed by atoms with Gasteiger partial charge in [-0.1, -0.05) is 24.2 Å². The number of aryl methyl sites for hydroxylation is 1. The van der Waals surface area contributed by atoms with Gasteiger partial charge in [-0.05, 0) is 69.2 Å². The van der Waals surface area contributed by atoms with Crippen molar-refractivity contribution < 1.29 is 13.0 Å². The lowest BCUT2D eigenvalue weighted by atomic mass is 9.91. The van der Waals surface area contributed by atoms with E-state index in [9.17, 15) is 4.79 Å². The predicted molar refractivity (Wildman–Crippen MR) is 122 cm³/mol. The third kappa shape index (κ3) is 3.14. The van der Waals surface area contributed by atoms with Crippen LogP contribution in [-0.4, -0.2) is 49.0 Å². The van der Waals surface area contributed by atoms with Gasteiger partial charge in [0.1, 0.15) is 0 Å². The molecule has 154 valence electrons. The molecule has 5 rings (SSSR count). The number of carbonyl (C=O) groups excluding carboxylic acids is 1. The topological polar surface area (TPSA) is 48.5 Å². The highest BCUT2D eigenvalue weighted by atomic mass is 16.2. The van der Waals surface area contributed by atoms with E-state index in [0.29, 0.717) is 24.6 Å². The van der Waals surface area contributed by atoms with Crippen molar-refractivity contribution >= 4 is 28.2 Å². The van der Waals surface area contributed by atoms with E-state index in [2.05, 4.69) is 34.2 Å². The Morgan fingerprint density at radius 3 is 2.77 bits per heavy atom. The molecular weight excluding hydrogens is 372 g/mol. The molecule has 0 bridgehead atoms. The number of fused-ring (bicyclic) bond motifs is 1. The number of aromatic nitrogens is 1. The van der Waals surface area contributed by atoms with Crippen molar-refractivity contribution in [2.75, 3.05) is 37.4 Å². The second-order valence-corrected chi connectivity index (χ2v) is 8.51. The number of rotatable bonds is 5. The van der Waals surface area contributed by atoms with E-state index >= 15 is 0 Å². The fourth-order valence-corrected chi connectivity index (χ4v) is 4.03. The fourth-order valence-electron chi connectivity index (χ4n) is 4.03. The molecule has 0 radical (unpaired) electrons. The summed E-state index contributed by atoms with van der Waals surface area (Å²) >= 11 is 0. The first kappa shape index (κ1) is 13.4. The highest BCUT2D eigenvalue weighted by Crippen LogP contribution is 2.51. The Morgan fingerprint density at radius 1 is 1.23 bits per heavy atom. The number of nitrogens with one attached hydrogen (secondary N) is 1. The van der Waals surface area contributed by atoms with Gasteiger partial charge in [0, 0.05) is 42.1 Å². The molecule has 1 aliphatic carbocycles. The van der Waals surface area contributed by atoms with Crippen LogP contribution in [0.4, 0.5) is 11.4 Å². The average Bonchev–Trinajstić information content (AvgIpc) is 3.59. The van der Waals surface area contributed by atoms with E-state index < -0.39 is 23.7 Å². The molecule has 0 spiro atoms. The molecule has 2 fully saturated rings. The van der Waals surface area contributed by atoms with Gasteiger partial charge in [0.15, 0.2) is 0 Å². The van der Waals surface area contributed by atoms with Gasteiger partial charge < -0.3 is 15.1 Å². The quantitative estimate of drug-likeness (QED) is 0.697. The lowest BCUT2D eigenvalue weighted by Crippen LogP contribution is -2.57. The third-order valence-electron chi connectivity index (χ3n) is 6.36. The number of hydrogen-bond donors (Lipinski definition) is 1. The lowest BCUT2D eigenvalue weighted by Gasteiger charge is -2.44. The number of carbonyl (C=O) groups is 1. The van der Waals surface area contributed by atoms with Crippen molar-refractivity contribution in [3.05, 3.63) is 65.7 Å². The normalized spacial score (nSPS) is 20.6. The standard InChI is InChI=1S/C25H28N4O/c1-17-9-10-18(29-15-19(16-29)28(2)3)14-23(17)27-24(30)25(11-12-25)21-7-4-8-22-20(21)6-5-13-26-22/h4-10,13-14,19H,11-12,15-16H2,1-3H3,(H,27,30)/i4D,5D,6D,7D,8D,13D. The van der Waals surface area contributed by atoms with Crippen LogP contribution in [0.25, 0.3) is 10.9 Å². The Balaban J connectivity index is 1.54. The summed E-state index contributed by atoms with van der Waals surface area (Å²) < 4.78 is 49.6. The van der Waals surface area contributed by atoms with Crippen molar-refractivity contribution in [3.63, 3.8) is 0 Å². The van der Waals surface area contributed by atoms with Crippen molar-refractivity contribution in [2.24, 2.45) is 0 Å². The van der Waals surface area contributed by atoms with E-state index in [-0.39, 0.29) is 40.5 Å². The van der Waals surface area contributed by atoms with E-state index in [1.54, 1.807) is 0 Å². The molecule has 3 aromatic rings. The molecule has 0 atom stereocenters. The van der Waals surface area contributed by atoms with Crippen molar-refractivity contribution in [2.45, 2.75) is 31.2 Å². The second kappa shape index (κ2) is 7.10. The molecule has 1 aliphatic heterocycles. The van der Waals surface area contributed by atoms with Gasteiger partial charge in [-0.2, -0.15) is 0 Å². The highest BCUT2D eigenvalue weighted by molar-refractivity contribution is 6.04. The fraction of sp³-hybridized carbons (Fsp3) is 0.360. The summed E-state index contributed by atoms with van der Waals surface area (Å²) in [6.45, 7) is 3.72. The minimum atomic E-state index is -1.15. The molecule has 1 N–H and O–H groups in total. The number of benzene rings is 2. The summed E-state index contributed by atoms with van der Waals surface area (Å²) in [4.78, 5) is 22.1. The lowest BCUT2D eigenvalue weighted by molar-refractivity contribution is -0.118. The Bertz CT molecular complexity index is 1420. The van der Waals surface area contributed by atoms with Gasteiger partial charge in [0.2, 0.25) is 5.91 Å². The van der Waals surface area contributed by atoms with Gasteiger partial charge in [-0.15, -0.1) is 0 Å². The molecule has 5 nitrogen and oxygen atoms in total. The molecule has 2 heterocycles. The van der Waals surface area contributed by atoms with Crippen LogP contribution in [0.3, 0.4) is 0 Å². The molecule has 5 heteroatoms. The largest absolute Gasteiger partial charge is 0.368 e. The van der Waals surface area contributed by atoms with Crippen LogP contribution in [0.5, 0.6) is 0 Å². The van der Waals surface area contributed by atoms with Gasteiger partial charge in [0.05, 0.1) is 19.2 Å². The molecule has 1 saturated heterocycles. The molecule has 0 unspecified atom stereocenters. The van der Waals surface area contributed by atoms with Crippen molar-refractivity contribution in [1.29, 1.82) is 0 Å². The van der Waals surface area contributed by atoms with Crippen molar-refractivity contribution in [1.82, 2.24) is 9.88 Å². The number of pyridine rings is 1. The molecular formula is C25H28N4O. The van der Waals surface area contributed by atoms with E-state index in [1.165, 1.54) is 0 Å². The Morgan fingerprint density at radius 2 is 2.03 bits per heavy atom. The van der Waals surface area contributed by atoms with Crippen LogP contribution in [0.1, 0.15) is 32.2 Å². The summed E-state index contributed by atoms with van der Waals surface area (Å²) in [7, 11) is 4.12. The number of likely N-dealkylation sites (N-methyl/N-ethyl adjacent to an activating group) is 1. The molecule has 1 saturated carbocycles. The minimum Gasteiger partial charge on any atom is -0.368 e. The Kier molecular flexibility index (Phi) is 3.17. The van der Waals surface area contributed by atoms with E-state index in [1.807, 2.05) is 25.1 Å². The zero-order chi connectivity index (χ0) is 26.1. The average molecular weight is 407 g/mol. The summed E-state index contributed by atoms with van der Waals surface area (Å²) in [6, 6.07) is 4.60. The maximum atomic E-state index is 13.7. The smallest absolute Gasteiger partial charge is 0.235 e. The van der Waals surface area contributed by atoms with Gasteiger partial charge >= 0.3 is 0 Å². The summed E-state index contributed by atoms with van der Waals surface area (Å²) in [5, 5.41) is 3.08. The number of hydrogen-bond acceptors (Lipinski definition) is 4. The van der Waals surface area contributed by atoms with Gasteiger partial charge in [0.25, 0.3) is 0 Å². The first-order valence-electron chi connectivity index (χ1n) is 13.2. The number of nitrogens with zero attached hydrogens (tertiary/aromatic N) is 3. The first-order valence-corrected chi connectivity index (χ1v) is 10.2. The van der Waals surface area contributed by atoms with Crippen LogP contribution in [0.15, 0.2) is 54.6 Å². The highest BCUT2D eigenvalue weighted by Gasteiger charge is 2.52. The van der Waals surface area contributed by atoms with Crippen molar-refractivity contribution in [3.8, 4) is 0 Å². The van der Waals surface area contributed by atoms with Gasteiger partial charge in [-0.3, -0.25) is 9.78 Å². The molecule has 1 amide bonds.